The summed E-state index contributed by atoms with van der Waals surface area (Å²) in [5.41, 5.74) is 0.336. The van der Waals surface area contributed by atoms with Crippen molar-refractivity contribution >= 4 is 55.0 Å². The van der Waals surface area contributed by atoms with Crippen LogP contribution in [0.3, 0.4) is 0 Å². The fourth-order valence-corrected chi connectivity index (χ4v) is 5.10. The van der Waals surface area contributed by atoms with Gasteiger partial charge in [0.25, 0.3) is 10.0 Å². The monoisotopic (exact) mass is 537 g/mol. The Morgan fingerprint density at radius 3 is 2.29 bits per heavy atom. The van der Waals surface area contributed by atoms with E-state index < -0.39 is 37.8 Å². The second kappa shape index (κ2) is 11.0. The van der Waals surface area contributed by atoms with Gasteiger partial charge in [0.15, 0.2) is 0 Å². The minimum absolute atomic E-state index is 0.0159. The lowest BCUT2D eigenvalue weighted by Crippen LogP contribution is -2.40. The van der Waals surface area contributed by atoms with E-state index in [1.807, 2.05) is 0 Å². The first-order valence-corrected chi connectivity index (χ1v) is 13.5. The van der Waals surface area contributed by atoms with Crippen molar-refractivity contribution in [1.29, 1.82) is 0 Å². The molecule has 0 spiro atoms. The van der Waals surface area contributed by atoms with Crippen molar-refractivity contribution in [3.8, 4) is 0 Å². The van der Waals surface area contributed by atoms with E-state index in [9.17, 15) is 26.0 Å². The molecule has 184 valence electrons. The van der Waals surface area contributed by atoms with Crippen LogP contribution in [-0.4, -0.2) is 28.8 Å². The number of para-hydroxylation sites is 1. The molecule has 0 aliphatic rings. The minimum Gasteiger partial charge on any atom is -0.323 e. The molecule has 1 unspecified atom stereocenters. The summed E-state index contributed by atoms with van der Waals surface area (Å²) in [5.74, 6) is -1.54. The Kier molecular flexibility index (Phi) is 8.28. The molecule has 0 aliphatic carbocycles. The van der Waals surface area contributed by atoms with Crippen LogP contribution in [0.5, 0.6) is 0 Å². The van der Waals surface area contributed by atoms with Gasteiger partial charge in [0.2, 0.25) is 15.9 Å². The zero-order valence-corrected chi connectivity index (χ0v) is 20.7. The summed E-state index contributed by atoms with van der Waals surface area (Å²) in [6.07, 6.45) is 1.38. The number of carbonyl (C=O) groups is 1. The van der Waals surface area contributed by atoms with E-state index in [2.05, 4.69) is 14.8 Å². The zero-order valence-electron chi connectivity index (χ0n) is 18.3. The molecular weight excluding hydrogens is 517 g/mol. The molecule has 12 heteroatoms. The molecular formula is C23H21ClFN3O5S2. The fourth-order valence-electron chi connectivity index (χ4n) is 2.83. The average molecular weight is 538 g/mol. The molecule has 3 aromatic carbocycles. The number of amides is 1. The lowest BCUT2D eigenvalue weighted by molar-refractivity contribution is -0.117. The Morgan fingerprint density at radius 2 is 1.60 bits per heavy atom. The molecule has 0 bridgehead atoms. The van der Waals surface area contributed by atoms with Crippen LogP contribution in [0.2, 0.25) is 5.02 Å². The van der Waals surface area contributed by atoms with E-state index in [0.717, 1.165) is 17.5 Å². The predicted molar refractivity (Wildman–Crippen MR) is 134 cm³/mol. The van der Waals surface area contributed by atoms with Gasteiger partial charge in [-0.1, -0.05) is 54.1 Å². The summed E-state index contributed by atoms with van der Waals surface area (Å²) in [6.45, 7) is 1.32. The topological polar surface area (TPSA) is 121 Å². The maximum absolute atomic E-state index is 13.9. The Labute approximate surface area is 207 Å². The number of hydrogen-bond donors (Lipinski definition) is 3. The van der Waals surface area contributed by atoms with Crippen molar-refractivity contribution < 1.29 is 26.0 Å². The summed E-state index contributed by atoms with van der Waals surface area (Å²) >= 11 is 6.09. The highest BCUT2D eigenvalue weighted by Gasteiger charge is 2.22. The van der Waals surface area contributed by atoms with Gasteiger partial charge in [0.1, 0.15) is 5.82 Å². The molecule has 0 heterocycles. The van der Waals surface area contributed by atoms with Crippen molar-refractivity contribution in [2.24, 2.45) is 0 Å². The minimum atomic E-state index is -4.21. The number of anilines is 2. The van der Waals surface area contributed by atoms with Gasteiger partial charge in [-0.05, 0) is 48.9 Å². The lowest BCUT2D eigenvalue weighted by atomic mass is 10.2. The third-order valence-corrected chi connectivity index (χ3v) is 7.47. The van der Waals surface area contributed by atoms with Crippen LogP contribution < -0.4 is 14.8 Å². The van der Waals surface area contributed by atoms with Gasteiger partial charge in [-0.2, -0.15) is 4.72 Å². The molecule has 35 heavy (non-hydrogen) atoms. The summed E-state index contributed by atoms with van der Waals surface area (Å²) in [4.78, 5) is 12.3. The molecule has 0 aromatic heterocycles. The fraction of sp³-hybridized carbons (Fsp3) is 0.0870. The van der Waals surface area contributed by atoms with Crippen LogP contribution in [0.1, 0.15) is 12.5 Å². The van der Waals surface area contributed by atoms with Gasteiger partial charge < -0.3 is 5.32 Å². The molecule has 0 aliphatic heterocycles. The highest BCUT2D eigenvalue weighted by atomic mass is 35.5. The Morgan fingerprint density at radius 1 is 0.943 bits per heavy atom. The highest BCUT2D eigenvalue weighted by molar-refractivity contribution is 7.93. The van der Waals surface area contributed by atoms with Gasteiger partial charge in [-0.15, -0.1) is 0 Å². The number of carbonyl (C=O) groups excluding carboxylic acids is 1. The van der Waals surface area contributed by atoms with Gasteiger partial charge in [-0.3, -0.25) is 9.52 Å². The van der Waals surface area contributed by atoms with Gasteiger partial charge in [0.05, 0.1) is 27.3 Å². The van der Waals surface area contributed by atoms with Crippen molar-refractivity contribution in [3.05, 3.63) is 94.6 Å². The number of sulfonamides is 2. The number of nitrogens with one attached hydrogen (secondary N) is 3. The first-order chi connectivity index (χ1) is 16.5. The van der Waals surface area contributed by atoms with Crippen LogP contribution in [0.25, 0.3) is 6.08 Å². The largest absolute Gasteiger partial charge is 0.323 e. The van der Waals surface area contributed by atoms with E-state index in [4.69, 9.17) is 11.6 Å². The summed E-state index contributed by atoms with van der Waals surface area (Å²) < 4.78 is 68.2. The molecule has 1 amide bonds. The molecule has 8 nitrogen and oxygen atoms in total. The molecule has 3 N–H and O–H groups in total. The highest BCUT2D eigenvalue weighted by Crippen LogP contribution is 2.27. The Bertz CT molecular complexity index is 1460. The van der Waals surface area contributed by atoms with E-state index in [-0.39, 0.29) is 21.3 Å². The van der Waals surface area contributed by atoms with Crippen LogP contribution in [0.4, 0.5) is 15.8 Å². The second-order valence-electron chi connectivity index (χ2n) is 7.31. The summed E-state index contributed by atoms with van der Waals surface area (Å²) in [5, 5.41) is 3.35. The van der Waals surface area contributed by atoms with Crippen molar-refractivity contribution in [1.82, 2.24) is 4.72 Å². The van der Waals surface area contributed by atoms with E-state index in [1.165, 1.54) is 43.3 Å². The van der Waals surface area contributed by atoms with Crippen molar-refractivity contribution in [2.45, 2.75) is 17.9 Å². The van der Waals surface area contributed by atoms with E-state index >= 15 is 0 Å². The number of halogens is 2. The maximum Gasteiger partial charge on any atom is 0.262 e. The zero-order chi connectivity index (χ0) is 25.6. The predicted octanol–water partition coefficient (Wildman–Crippen LogP) is 4.20. The molecule has 3 aromatic rings. The first-order valence-electron chi connectivity index (χ1n) is 10.1. The quantitative estimate of drug-likeness (QED) is 0.378. The standard InChI is InChI=1S/C23H21ClFN3O5S2/c1-16(27-34(30,31)14-13-17-7-3-2-4-8-17)23(29)26-22-15-18(11-12-19(22)24)35(32,33)28-21-10-6-5-9-20(21)25/h2-16,27-28H,1H3,(H,26,29). The van der Waals surface area contributed by atoms with Crippen LogP contribution >= 0.6 is 11.6 Å². The Balaban J connectivity index is 1.72. The second-order valence-corrected chi connectivity index (χ2v) is 11.0. The number of hydrogen-bond acceptors (Lipinski definition) is 5. The first kappa shape index (κ1) is 26.4. The number of rotatable bonds is 9. The normalized spacial score (nSPS) is 12.9. The average Bonchev–Trinajstić information content (AvgIpc) is 2.81. The lowest BCUT2D eigenvalue weighted by Gasteiger charge is -2.15. The molecule has 1 atom stereocenters. The van der Waals surface area contributed by atoms with Gasteiger partial charge >= 0.3 is 0 Å². The van der Waals surface area contributed by atoms with E-state index in [0.29, 0.717) is 5.56 Å². The van der Waals surface area contributed by atoms with Crippen LogP contribution in [0, 0.1) is 5.82 Å². The van der Waals surface area contributed by atoms with E-state index in [1.54, 1.807) is 30.3 Å². The smallest absolute Gasteiger partial charge is 0.262 e. The van der Waals surface area contributed by atoms with Crippen LogP contribution in [-0.2, 0) is 24.8 Å². The molecule has 0 saturated carbocycles. The molecule has 3 rings (SSSR count). The van der Waals surface area contributed by atoms with Gasteiger partial charge in [0, 0.05) is 5.41 Å². The van der Waals surface area contributed by atoms with Crippen LogP contribution in [0.15, 0.2) is 83.1 Å². The SMILES string of the molecule is CC(NS(=O)(=O)C=Cc1ccccc1)C(=O)Nc1cc(S(=O)(=O)Nc2ccccc2F)ccc1Cl. The third kappa shape index (κ3) is 7.36. The summed E-state index contributed by atoms with van der Waals surface area (Å²) in [6, 6.07) is 16.2. The molecule has 0 saturated heterocycles. The Hall–Kier alpha value is -3.25. The maximum atomic E-state index is 13.9. The van der Waals surface area contributed by atoms with Crippen molar-refractivity contribution in [3.63, 3.8) is 0 Å². The third-order valence-electron chi connectivity index (χ3n) is 4.60. The summed E-state index contributed by atoms with van der Waals surface area (Å²) in [7, 11) is -8.18. The molecule has 0 radical (unpaired) electrons. The number of benzene rings is 3. The van der Waals surface area contributed by atoms with Gasteiger partial charge in [-0.25, -0.2) is 21.2 Å². The van der Waals surface area contributed by atoms with Crippen molar-refractivity contribution in [2.75, 3.05) is 10.0 Å². The molecule has 0 fully saturated rings.